The first-order valence-corrected chi connectivity index (χ1v) is 5.85. The van der Waals surface area contributed by atoms with E-state index in [1.807, 2.05) is 0 Å². The van der Waals surface area contributed by atoms with Crippen LogP contribution in [-0.4, -0.2) is 7.11 Å². The van der Waals surface area contributed by atoms with Gasteiger partial charge in [-0.1, -0.05) is 0 Å². The fourth-order valence-corrected chi connectivity index (χ4v) is 1.99. The molecular formula is C15H12F4O. The highest BCUT2D eigenvalue weighted by Gasteiger charge is 2.15. The van der Waals surface area contributed by atoms with Gasteiger partial charge in [-0.05, 0) is 48.4 Å². The van der Waals surface area contributed by atoms with Crippen LogP contribution < -0.4 is 4.74 Å². The third kappa shape index (κ3) is 2.76. The Hall–Kier alpha value is -2.04. The molecule has 0 unspecified atom stereocenters. The van der Waals surface area contributed by atoms with Crippen molar-refractivity contribution in [2.75, 3.05) is 7.11 Å². The van der Waals surface area contributed by atoms with Crippen molar-refractivity contribution in [2.45, 2.75) is 13.3 Å². The van der Waals surface area contributed by atoms with E-state index < -0.39 is 23.6 Å². The SMILES string of the molecule is COc1cc(-c2cc(F)cc(C(F)F)c2)c(F)cc1C. The molecule has 2 aromatic rings. The van der Waals surface area contributed by atoms with Crippen molar-refractivity contribution in [1.29, 1.82) is 0 Å². The van der Waals surface area contributed by atoms with Gasteiger partial charge in [-0.15, -0.1) is 0 Å². The van der Waals surface area contributed by atoms with E-state index in [0.29, 0.717) is 11.3 Å². The summed E-state index contributed by atoms with van der Waals surface area (Å²) in [4.78, 5) is 0. The molecule has 0 N–H and O–H groups in total. The number of hydrogen-bond acceptors (Lipinski definition) is 1. The molecule has 0 spiro atoms. The van der Waals surface area contributed by atoms with Crippen LogP contribution >= 0.6 is 0 Å². The van der Waals surface area contributed by atoms with Gasteiger partial charge >= 0.3 is 0 Å². The van der Waals surface area contributed by atoms with Crippen LogP contribution in [0, 0.1) is 18.6 Å². The second-order valence-electron chi connectivity index (χ2n) is 4.38. The number of rotatable bonds is 3. The topological polar surface area (TPSA) is 9.23 Å². The van der Waals surface area contributed by atoms with E-state index in [1.54, 1.807) is 6.92 Å². The predicted octanol–water partition coefficient (Wildman–Crippen LogP) is 4.89. The van der Waals surface area contributed by atoms with Gasteiger partial charge in [0.25, 0.3) is 6.43 Å². The number of ether oxygens (including phenoxy) is 1. The Labute approximate surface area is 113 Å². The standard InChI is InChI=1S/C15H12F4O/c1-8-3-13(17)12(7-14(8)20-2)9-4-10(15(18)19)6-11(16)5-9/h3-7,15H,1-2H3. The molecule has 5 heteroatoms. The molecule has 20 heavy (non-hydrogen) atoms. The molecular weight excluding hydrogens is 272 g/mol. The number of methoxy groups -OCH3 is 1. The normalized spacial score (nSPS) is 10.9. The lowest BCUT2D eigenvalue weighted by Gasteiger charge is -2.11. The smallest absolute Gasteiger partial charge is 0.263 e. The molecule has 0 aliphatic carbocycles. The monoisotopic (exact) mass is 284 g/mol. The van der Waals surface area contributed by atoms with Gasteiger partial charge in [-0.25, -0.2) is 17.6 Å². The summed E-state index contributed by atoms with van der Waals surface area (Å²) in [6.07, 6.45) is -2.82. The van der Waals surface area contributed by atoms with Crippen LogP contribution in [0.5, 0.6) is 5.75 Å². The van der Waals surface area contributed by atoms with Crippen LogP contribution in [0.1, 0.15) is 17.6 Å². The maximum absolute atomic E-state index is 14.0. The summed E-state index contributed by atoms with van der Waals surface area (Å²) < 4.78 is 57.7. The van der Waals surface area contributed by atoms with Gasteiger partial charge in [0.05, 0.1) is 7.11 Å². The van der Waals surface area contributed by atoms with E-state index in [-0.39, 0.29) is 11.1 Å². The second-order valence-corrected chi connectivity index (χ2v) is 4.38. The number of alkyl halides is 2. The Morgan fingerprint density at radius 3 is 2.30 bits per heavy atom. The van der Waals surface area contributed by atoms with Gasteiger partial charge in [0.15, 0.2) is 0 Å². The molecule has 0 fully saturated rings. The Balaban J connectivity index is 2.61. The lowest BCUT2D eigenvalue weighted by Crippen LogP contribution is -1.94. The van der Waals surface area contributed by atoms with Gasteiger partial charge in [0.1, 0.15) is 17.4 Å². The first-order valence-electron chi connectivity index (χ1n) is 5.85. The first kappa shape index (κ1) is 14.4. The number of benzene rings is 2. The molecule has 106 valence electrons. The lowest BCUT2D eigenvalue weighted by atomic mass is 10.0. The van der Waals surface area contributed by atoms with Crippen LogP contribution in [-0.2, 0) is 0 Å². The van der Waals surface area contributed by atoms with E-state index in [9.17, 15) is 17.6 Å². The van der Waals surface area contributed by atoms with E-state index in [1.165, 1.54) is 19.2 Å². The molecule has 0 saturated carbocycles. The molecule has 2 aromatic carbocycles. The average molecular weight is 284 g/mol. The highest BCUT2D eigenvalue weighted by atomic mass is 19.3. The minimum Gasteiger partial charge on any atom is -0.496 e. The summed E-state index contributed by atoms with van der Waals surface area (Å²) in [5, 5.41) is 0. The van der Waals surface area contributed by atoms with Gasteiger partial charge in [-0.3, -0.25) is 0 Å². The molecule has 0 radical (unpaired) electrons. The lowest BCUT2D eigenvalue weighted by molar-refractivity contribution is 0.151. The van der Waals surface area contributed by atoms with E-state index in [2.05, 4.69) is 0 Å². The Bertz CT molecular complexity index is 638. The summed E-state index contributed by atoms with van der Waals surface area (Å²) in [6.45, 7) is 1.65. The maximum atomic E-state index is 14.0. The zero-order chi connectivity index (χ0) is 14.9. The Kier molecular flexibility index (Phi) is 3.97. The average Bonchev–Trinajstić information content (AvgIpc) is 2.38. The zero-order valence-corrected chi connectivity index (χ0v) is 10.9. The second kappa shape index (κ2) is 5.53. The molecule has 0 saturated heterocycles. The highest BCUT2D eigenvalue weighted by Crippen LogP contribution is 2.32. The summed E-state index contributed by atoms with van der Waals surface area (Å²) in [5.41, 5.74) is 0.156. The molecule has 0 aliphatic rings. The van der Waals surface area contributed by atoms with Gasteiger partial charge in [0.2, 0.25) is 0 Å². The highest BCUT2D eigenvalue weighted by molar-refractivity contribution is 5.67. The Morgan fingerprint density at radius 2 is 1.70 bits per heavy atom. The van der Waals surface area contributed by atoms with Crippen molar-refractivity contribution in [3.63, 3.8) is 0 Å². The van der Waals surface area contributed by atoms with Crippen molar-refractivity contribution in [3.8, 4) is 16.9 Å². The van der Waals surface area contributed by atoms with Crippen LogP contribution in [0.3, 0.4) is 0 Å². The number of aryl methyl sites for hydroxylation is 1. The van der Waals surface area contributed by atoms with Crippen molar-refractivity contribution >= 4 is 0 Å². The summed E-state index contributed by atoms with van der Waals surface area (Å²) in [5.74, 6) is -1.05. The minimum atomic E-state index is -2.82. The summed E-state index contributed by atoms with van der Waals surface area (Å²) >= 11 is 0. The summed E-state index contributed by atoms with van der Waals surface area (Å²) in [6, 6.07) is 5.41. The number of hydrogen-bond donors (Lipinski definition) is 0. The third-order valence-corrected chi connectivity index (χ3v) is 2.97. The van der Waals surface area contributed by atoms with E-state index >= 15 is 0 Å². The van der Waals surface area contributed by atoms with Crippen LogP contribution in [0.15, 0.2) is 30.3 Å². The quantitative estimate of drug-likeness (QED) is 0.729. The third-order valence-electron chi connectivity index (χ3n) is 2.97. The molecule has 0 aromatic heterocycles. The van der Waals surface area contributed by atoms with Crippen LogP contribution in [0.2, 0.25) is 0 Å². The fourth-order valence-electron chi connectivity index (χ4n) is 1.99. The van der Waals surface area contributed by atoms with Crippen molar-refractivity contribution in [3.05, 3.63) is 53.1 Å². The van der Waals surface area contributed by atoms with Crippen molar-refractivity contribution < 1.29 is 22.3 Å². The fraction of sp³-hybridized carbons (Fsp3) is 0.200. The van der Waals surface area contributed by atoms with Gasteiger partial charge in [-0.2, -0.15) is 0 Å². The predicted molar refractivity (Wildman–Crippen MR) is 68.0 cm³/mol. The van der Waals surface area contributed by atoms with Gasteiger partial charge in [0, 0.05) is 11.1 Å². The molecule has 0 heterocycles. The molecule has 0 amide bonds. The van der Waals surface area contributed by atoms with Crippen LogP contribution in [0.4, 0.5) is 17.6 Å². The van der Waals surface area contributed by atoms with Gasteiger partial charge < -0.3 is 4.74 Å². The van der Waals surface area contributed by atoms with E-state index in [0.717, 1.165) is 18.2 Å². The molecule has 0 aliphatic heterocycles. The summed E-state index contributed by atoms with van der Waals surface area (Å²) in [7, 11) is 1.42. The van der Waals surface area contributed by atoms with Crippen LogP contribution in [0.25, 0.3) is 11.1 Å². The Morgan fingerprint density at radius 1 is 1.00 bits per heavy atom. The van der Waals surface area contributed by atoms with Crippen molar-refractivity contribution in [1.82, 2.24) is 0 Å². The first-order chi connectivity index (χ1) is 9.42. The zero-order valence-electron chi connectivity index (χ0n) is 10.9. The molecule has 1 nitrogen and oxygen atoms in total. The molecule has 0 bridgehead atoms. The molecule has 0 atom stereocenters. The number of halogens is 4. The van der Waals surface area contributed by atoms with Crippen molar-refractivity contribution in [2.24, 2.45) is 0 Å². The minimum absolute atomic E-state index is 0.0221. The largest absolute Gasteiger partial charge is 0.496 e. The van der Waals surface area contributed by atoms with E-state index in [4.69, 9.17) is 4.74 Å². The maximum Gasteiger partial charge on any atom is 0.263 e. The molecule has 2 rings (SSSR count).